The summed E-state index contributed by atoms with van der Waals surface area (Å²) in [7, 11) is 0. The maximum Gasteiger partial charge on any atom is 0.316 e. The molecule has 1 amide bonds. The molecule has 1 atom stereocenters. The first-order valence-electron chi connectivity index (χ1n) is 10.0. The highest BCUT2D eigenvalue weighted by molar-refractivity contribution is 7.83. The van der Waals surface area contributed by atoms with E-state index >= 15 is 0 Å². The minimum absolute atomic E-state index is 0.0834. The summed E-state index contributed by atoms with van der Waals surface area (Å²) in [4.78, 5) is 16.7. The average molecular weight is 460 g/mol. The van der Waals surface area contributed by atoms with Crippen LogP contribution in [0.3, 0.4) is 0 Å². The lowest BCUT2D eigenvalue weighted by Crippen LogP contribution is -2.52. The van der Waals surface area contributed by atoms with Gasteiger partial charge in [-0.05, 0) is 25.1 Å². The van der Waals surface area contributed by atoms with E-state index < -0.39 is 11.2 Å². The van der Waals surface area contributed by atoms with Crippen LogP contribution in [0, 0.1) is 0 Å². The summed E-state index contributed by atoms with van der Waals surface area (Å²) in [5.74, 6) is 0.299. The average Bonchev–Trinajstić information content (AvgIpc) is 3.14. The van der Waals surface area contributed by atoms with Crippen LogP contribution in [-0.4, -0.2) is 69.8 Å². The van der Waals surface area contributed by atoms with Crippen LogP contribution in [0.2, 0.25) is 0 Å². The number of phenols is 1. The second kappa shape index (κ2) is 9.22. The number of rotatable bonds is 4. The number of aromatic nitrogens is 1. The number of hydrogen-bond acceptors (Lipinski definition) is 7. The Kier molecular flexibility index (Phi) is 6.21. The fourth-order valence-corrected chi connectivity index (χ4v) is 4.09. The van der Waals surface area contributed by atoms with Gasteiger partial charge in [-0.3, -0.25) is 9.69 Å². The Balaban J connectivity index is 1.46. The SMILES string of the molecule is CCOC1=NS(=O)N=C1Nc1cccc(C(=O)N2CCN(c3cccc[n+]3O)CC2)c1O. The van der Waals surface area contributed by atoms with Crippen molar-refractivity contribution >= 4 is 40.3 Å². The van der Waals surface area contributed by atoms with Crippen LogP contribution in [-0.2, 0) is 15.9 Å². The van der Waals surface area contributed by atoms with Gasteiger partial charge in [0.15, 0.2) is 5.75 Å². The molecule has 11 nitrogen and oxygen atoms in total. The Labute approximate surface area is 187 Å². The van der Waals surface area contributed by atoms with E-state index in [1.165, 1.54) is 0 Å². The molecular weight excluding hydrogens is 436 g/mol. The van der Waals surface area contributed by atoms with E-state index in [1.54, 1.807) is 48.4 Å². The zero-order chi connectivity index (χ0) is 22.7. The second-order valence-electron chi connectivity index (χ2n) is 7.01. The van der Waals surface area contributed by atoms with Gasteiger partial charge in [0.1, 0.15) is 19.3 Å². The number of nitrogens with one attached hydrogen (secondary N) is 1. The zero-order valence-corrected chi connectivity index (χ0v) is 18.2. The van der Waals surface area contributed by atoms with Crippen molar-refractivity contribution in [2.75, 3.05) is 43.0 Å². The van der Waals surface area contributed by atoms with E-state index in [0.717, 1.165) is 4.73 Å². The van der Waals surface area contributed by atoms with E-state index in [1.807, 2.05) is 11.0 Å². The number of nitrogens with zero attached hydrogens (tertiary/aromatic N) is 5. The lowest BCUT2D eigenvalue weighted by molar-refractivity contribution is -0.894. The number of phenolic OH excluding ortho intramolecular Hbond substituents is 1. The van der Waals surface area contributed by atoms with E-state index in [-0.39, 0.29) is 34.6 Å². The lowest BCUT2D eigenvalue weighted by Gasteiger charge is -2.31. The molecule has 0 bridgehead atoms. The van der Waals surface area contributed by atoms with Crippen molar-refractivity contribution in [3.05, 3.63) is 48.2 Å². The number of carbonyl (C=O) groups is 1. The van der Waals surface area contributed by atoms with Crippen molar-refractivity contribution < 1.29 is 28.8 Å². The topological polar surface area (TPSA) is 131 Å². The first-order chi connectivity index (χ1) is 15.5. The molecule has 1 aromatic carbocycles. The summed E-state index contributed by atoms with van der Waals surface area (Å²) in [5.41, 5.74) is 0.361. The molecule has 2 aliphatic heterocycles. The number of amidine groups is 1. The molecule has 1 unspecified atom stereocenters. The Morgan fingerprint density at radius 1 is 1.19 bits per heavy atom. The third-order valence-electron chi connectivity index (χ3n) is 5.04. The smallest absolute Gasteiger partial charge is 0.316 e. The first kappa shape index (κ1) is 21.6. The van der Waals surface area contributed by atoms with Gasteiger partial charge in [-0.25, -0.2) is 4.21 Å². The Bertz CT molecular complexity index is 1110. The molecule has 1 fully saturated rings. The summed E-state index contributed by atoms with van der Waals surface area (Å²) in [5, 5.41) is 23.6. The van der Waals surface area contributed by atoms with Gasteiger partial charge in [0.05, 0.1) is 30.9 Å². The van der Waals surface area contributed by atoms with Gasteiger partial charge in [0.25, 0.3) is 23.0 Å². The summed E-state index contributed by atoms with van der Waals surface area (Å²) in [6, 6.07) is 10.1. The Morgan fingerprint density at radius 3 is 2.69 bits per heavy atom. The monoisotopic (exact) mass is 459 g/mol. The van der Waals surface area contributed by atoms with Crippen LogP contribution in [0.4, 0.5) is 11.5 Å². The summed E-state index contributed by atoms with van der Waals surface area (Å²) < 4.78 is 25.6. The molecule has 3 heterocycles. The third kappa shape index (κ3) is 4.35. The highest BCUT2D eigenvalue weighted by Gasteiger charge is 2.30. The van der Waals surface area contributed by atoms with Gasteiger partial charge < -0.3 is 25.3 Å². The van der Waals surface area contributed by atoms with E-state index in [4.69, 9.17) is 4.74 Å². The Hall–Kier alpha value is -3.67. The predicted molar refractivity (Wildman–Crippen MR) is 118 cm³/mol. The molecule has 32 heavy (non-hydrogen) atoms. The quantitative estimate of drug-likeness (QED) is 0.349. The van der Waals surface area contributed by atoms with Crippen molar-refractivity contribution in [1.82, 2.24) is 4.90 Å². The molecular formula is C20H23N6O5S+. The van der Waals surface area contributed by atoms with Crippen LogP contribution >= 0.6 is 0 Å². The minimum atomic E-state index is -1.80. The van der Waals surface area contributed by atoms with Gasteiger partial charge in [-0.1, -0.05) is 16.9 Å². The maximum atomic E-state index is 13.1. The zero-order valence-electron chi connectivity index (χ0n) is 17.3. The number of aromatic hydroxyl groups is 1. The molecule has 0 radical (unpaired) electrons. The van der Waals surface area contributed by atoms with Gasteiger partial charge in [0, 0.05) is 6.07 Å². The summed E-state index contributed by atoms with van der Waals surface area (Å²) in [6.45, 7) is 4.00. The van der Waals surface area contributed by atoms with Crippen LogP contribution < -0.4 is 14.9 Å². The number of amides is 1. The largest absolute Gasteiger partial charge is 0.505 e. The molecule has 2 aromatic rings. The summed E-state index contributed by atoms with van der Waals surface area (Å²) in [6.07, 6.45) is 1.55. The molecule has 3 N–H and O–H groups in total. The van der Waals surface area contributed by atoms with Gasteiger partial charge in [-0.15, -0.1) is 8.80 Å². The van der Waals surface area contributed by atoms with E-state index in [9.17, 15) is 19.3 Å². The van der Waals surface area contributed by atoms with Crippen molar-refractivity contribution in [3.63, 3.8) is 0 Å². The fourth-order valence-electron chi connectivity index (χ4n) is 3.49. The first-order valence-corrected chi connectivity index (χ1v) is 11.1. The number of piperazine rings is 1. The molecule has 12 heteroatoms. The minimum Gasteiger partial charge on any atom is -0.505 e. The molecule has 1 saturated heterocycles. The number of benzene rings is 1. The van der Waals surface area contributed by atoms with Crippen LogP contribution in [0.25, 0.3) is 0 Å². The lowest BCUT2D eigenvalue weighted by atomic mass is 10.1. The van der Waals surface area contributed by atoms with Gasteiger partial charge in [0.2, 0.25) is 5.84 Å². The molecule has 2 aliphatic rings. The van der Waals surface area contributed by atoms with E-state index in [2.05, 4.69) is 14.1 Å². The molecule has 0 spiro atoms. The third-order valence-corrected chi connectivity index (χ3v) is 5.70. The number of ether oxygens (including phenoxy) is 1. The number of anilines is 2. The number of hydrogen-bond donors (Lipinski definition) is 3. The van der Waals surface area contributed by atoms with Crippen molar-refractivity contribution in [2.45, 2.75) is 6.92 Å². The standard InChI is InChI=1S/C20H22N6O5S/c1-2-31-19-18(22-32(30)23-19)21-15-7-5-6-14(17(15)27)20(28)25-12-10-24(11-13-25)16-8-3-4-9-26(16)29/h3-9H,2,10-13H2,1H3,(H2-,21,22,23,27,28,29)/p+1. The van der Waals surface area contributed by atoms with Crippen molar-refractivity contribution in [1.29, 1.82) is 0 Å². The van der Waals surface area contributed by atoms with Crippen molar-refractivity contribution in [2.24, 2.45) is 8.80 Å². The normalized spacial score (nSPS) is 18.2. The highest BCUT2D eigenvalue weighted by Crippen LogP contribution is 2.29. The van der Waals surface area contributed by atoms with E-state index in [0.29, 0.717) is 38.6 Å². The number of para-hydroxylation sites is 1. The number of pyridine rings is 1. The van der Waals surface area contributed by atoms with Gasteiger partial charge in [-0.2, -0.15) is 0 Å². The summed E-state index contributed by atoms with van der Waals surface area (Å²) >= 11 is -1.80. The molecule has 0 aliphatic carbocycles. The van der Waals surface area contributed by atoms with Crippen LogP contribution in [0.15, 0.2) is 51.4 Å². The van der Waals surface area contributed by atoms with Crippen molar-refractivity contribution in [3.8, 4) is 5.75 Å². The maximum absolute atomic E-state index is 13.1. The highest BCUT2D eigenvalue weighted by atomic mass is 32.2. The van der Waals surface area contributed by atoms with Crippen LogP contribution in [0.1, 0.15) is 17.3 Å². The number of carbonyl (C=O) groups excluding carboxylic acids is 1. The molecule has 1 aromatic heterocycles. The second-order valence-corrected chi connectivity index (χ2v) is 7.84. The Morgan fingerprint density at radius 2 is 1.97 bits per heavy atom. The molecule has 4 rings (SSSR count). The molecule has 0 saturated carbocycles. The van der Waals surface area contributed by atoms with Gasteiger partial charge >= 0.3 is 5.82 Å². The fraction of sp³-hybridized carbons (Fsp3) is 0.300. The predicted octanol–water partition coefficient (Wildman–Crippen LogP) is 0.717. The van der Waals surface area contributed by atoms with Crippen LogP contribution in [0.5, 0.6) is 5.75 Å². The molecule has 168 valence electrons.